The third kappa shape index (κ3) is 4.64. The van der Waals surface area contributed by atoms with Crippen LogP contribution in [0.1, 0.15) is 18.1 Å². The Bertz CT molecular complexity index is 973. The molecule has 1 heterocycles. The van der Waals surface area contributed by atoms with Crippen molar-refractivity contribution in [2.24, 2.45) is 5.10 Å². The Hall–Kier alpha value is -3.34. The number of aromatic nitrogens is 1. The van der Waals surface area contributed by atoms with Gasteiger partial charge in [-0.2, -0.15) is 5.10 Å². The maximum atomic E-state index is 11.0. The summed E-state index contributed by atoms with van der Waals surface area (Å²) in [7, 11) is 0. The lowest BCUT2D eigenvalue weighted by Crippen LogP contribution is -2.12. The summed E-state index contributed by atoms with van der Waals surface area (Å²) in [5.74, 6) is 0.697. The molecule has 0 saturated carbocycles. The van der Waals surface area contributed by atoms with Gasteiger partial charge >= 0.3 is 0 Å². The minimum absolute atomic E-state index is 0.193. The van der Waals surface area contributed by atoms with E-state index in [1.165, 1.54) is 6.92 Å². The van der Waals surface area contributed by atoms with Gasteiger partial charge in [0.2, 0.25) is 5.91 Å². The van der Waals surface area contributed by atoms with E-state index >= 15 is 0 Å². The van der Waals surface area contributed by atoms with Crippen molar-refractivity contribution >= 4 is 23.0 Å². The molecule has 1 aromatic heterocycles. The molecule has 1 N–H and O–H groups in total. The number of hydrogen-bond acceptors (Lipinski definition) is 3. The average molecular weight is 361 g/mol. The van der Waals surface area contributed by atoms with Gasteiger partial charge in [-0.15, -0.1) is 6.58 Å². The van der Waals surface area contributed by atoms with Crippen LogP contribution in [-0.2, 0) is 17.8 Å². The molecule has 3 rings (SSSR count). The van der Waals surface area contributed by atoms with Crippen molar-refractivity contribution in [1.82, 2.24) is 9.99 Å². The summed E-state index contributed by atoms with van der Waals surface area (Å²) in [5.41, 5.74) is 5.62. The second kappa shape index (κ2) is 8.85. The third-order valence-corrected chi connectivity index (χ3v) is 4.17. The number of nitrogens with one attached hydrogen (secondary N) is 1. The Balaban J connectivity index is 1.75. The number of benzene rings is 2. The molecule has 0 aliphatic heterocycles. The highest BCUT2D eigenvalue weighted by atomic mass is 16.5. The van der Waals surface area contributed by atoms with Crippen LogP contribution in [0.25, 0.3) is 10.9 Å². The van der Waals surface area contributed by atoms with Gasteiger partial charge in [0.25, 0.3) is 0 Å². The van der Waals surface area contributed by atoms with Crippen molar-refractivity contribution in [3.8, 4) is 5.75 Å². The van der Waals surface area contributed by atoms with E-state index in [0.29, 0.717) is 13.2 Å². The van der Waals surface area contributed by atoms with Crippen LogP contribution in [0.15, 0.2) is 72.5 Å². The van der Waals surface area contributed by atoms with Gasteiger partial charge in [0.15, 0.2) is 0 Å². The summed E-state index contributed by atoms with van der Waals surface area (Å²) in [5, 5.41) is 5.07. The van der Waals surface area contributed by atoms with E-state index in [2.05, 4.69) is 33.8 Å². The molecule has 5 nitrogen and oxygen atoms in total. The molecule has 0 bridgehead atoms. The van der Waals surface area contributed by atoms with Crippen molar-refractivity contribution in [1.29, 1.82) is 0 Å². The van der Waals surface area contributed by atoms with E-state index in [1.807, 2.05) is 48.7 Å². The maximum Gasteiger partial charge on any atom is 0.236 e. The molecule has 0 aliphatic rings. The van der Waals surface area contributed by atoms with E-state index in [0.717, 1.165) is 34.2 Å². The first-order valence-electron chi connectivity index (χ1n) is 8.88. The summed E-state index contributed by atoms with van der Waals surface area (Å²) < 4.78 is 8.14. The molecular weight excluding hydrogens is 338 g/mol. The van der Waals surface area contributed by atoms with Gasteiger partial charge in [0.05, 0.1) is 12.8 Å². The normalized spacial score (nSPS) is 11.0. The molecule has 0 fully saturated rings. The third-order valence-electron chi connectivity index (χ3n) is 4.17. The number of ether oxygens (including phenoxy) is 1. The molecule has 138 valence electrons. The number of allylic oxidation sites excluding steroid dienone is 1. The highest BCUT2D eigenvalue weighted by molar-refractivity contribution is 5.99. The number of hydrogen-bond donors (Lipinski definition) is 1. The number of carbonyl (C=O) groups is 1. The summed E-state index contributed by atoms with van der Waals surface area (Å²) >= 11 is 0. The van der Waals surface area contributed by atoms with Crippen molar-refractivity contribution < 1.29 is 9.53 Å². The van der Waals surface area contributed by atoms with Crippen molar-refractivity contribution in [2.75, 3.05) is 6.61 Å². The standard InChI is InChI=1S/C22H23N3O2/c1-3-8-18-9-4-7-12-22(18)27-14-13-25-16-19(15-23-24-17(2)26)20-10-5-6-11-21(20)25/h3-7,9-12,15-16H,1,8,13-14H2,2H3,(H,24,26)/b23-15+. The monoisotopic (exact) mass is 361 g/mol. The van der Waals surface area contributed by atoms with E-state index in [1.54, 1.807) is 6.21 Å². The van der Waals surface area contributed by atoms with Crippen LogP contribution in [0.4, 0.5) is 0 Å². The van der Waals surface area contributed by atoms with Crippen LogP contribution in [0, 0.1) is 0 Å². The first-order valence-corrected chi connectivity index (χ1v) is 8.88. The van der Waals surface area contributed by atoms with Gasteiger partial charge in [-0.3, -0.25) is 4.79 Å². The van der Waals surface area contributed by atoms with Crippen LogP contribution in [0.5, 0.6) is 5.75 Å². The zero-order chi connectivity index (χ0) is 19.1. The van der Waals surface area contributed by atoms with E-state index in [-0.39, 0.29) is 5.91 Å². The first kappa shape index (κ1) is 18.5. The lowest BCUT2D eigenvalue weighted by atomic mass is 10.1. The maximum absolute atomic E-state index is 11.0. The highest BCUT2D eigenvalue weighted by Crippen LogP contribution is 2.21. The number of rotatable bonds is 8. The molecule has 0 atom stereocenters. The summed E-state index contributed by atoms with van der Waals surface area (Å²) in [6.07, 6.45) is 6.35. The number of amides is 1. The topological polar surface area (TPSA) is 55.6 Å². The molecule has 2 aromatic carbocycles. The smallest absolute Gasteiger partial charge is 0.236 e. The SMILES string of the molecule is C=CCc1ccccc1OCCn1cc(/C=N/NC(C)=O)c2ccccc21. The molecule has 1 amide bonds. The minimum atomic E-state index is -0.193. The van der Waals surface area contributed by atoms with E-state index in [4.69, 9.17) is 4.74 Å². The van der Waals surface area contributed by atoms with Crippen LogP contribution >= 0.6 is 0 Å². The Morgan fingerprint density at radius 2 is 2.00 bits per heavy atom. The van der Waals surface area contributed by atoms with E-state index < -0.39 is 0 Å². The quantitative estimate of drug-likeness (QED) is 0.376. The average Bonchev–Trinajstić information content (AvgIpc) is 3.01. The molecular formula is C22H23N3O2. The Morgan fingerprint density at radius 1 is 1.22 bits per heavy atom. The first-order chi connectivity index (χ1) is 13.2. The van der Waals surface area contributed by atoms with Gasteiger partial charge in [0, 0.05) is 29.6 Å². The fraction of sp³-hybridized carbons (Fsp3) is 0.182. The Kier molecular flexibility index (Phi) is 6.05. The number of carbonyl (C=O) groups excluding carboxylic acids is 1. The summed E-state index contributed by atoms with van der Waals surface area (Å²) in [6.45, 7) is 6.49. The number of para-hydroxylation sites is 2. The van der Waals surface area contributed by atoms with Crippen LogP contribution in [-0.4, -0.2) is 23.3 Å². The molecule has 0 spiro atoms. The fourth-order valence-electron chi connectivity index (χ4n) is 2.98. The largest absolute Gasteiger partial charge is 0.491 e. The lowest BCUT2D eigenvalue weighted by molar-refractivity contribution is -0.118. The second-order valence-corrected chi connectivity index (χ2v) is 6.17. The molecule has 0 saturated heterocycles. The number of fused-ring (bicyclic) bond motifs is 1. The van der Waals surface area contributed by atoms with Crippen LogP contribution < -0.4 is 10.2 Å². The van der Waals surface area contributed by atoms with E-state index in [9.17, 15) is 4.79 Å². The van der Waals surface area contributed by atoms with Crippen molar-refractivity contribution in [2.45, 2.75) is 19.9 Å². The Labute approximate surface area is 159 Å². The molecule has 0 aliphatic carbocycles. The van der Waals surface area contributed by atoms with Crippen molar-refractivity contribution in [3.63, 3.8) is 0 Å². The highest BCUT2D eigenvalue weighted by Gasteiger charge is 2.07. The van der Waals surface area contributed by atoms with Gasteiger partial charge in [-0.25, -0.2) is 5.43 Å². The second-order valence-electron chi connectivity index (χ2n) is 6.17. The van der Waals surface area contributed by atoms with Gasteiger partial charge in [0.1, 0.15) is 12.4 Å². The predicted molar refractivity (Wildman–Crippen MR) is 109 cm³/mol. The van der Waals surface area contributed by atoms with Crippen LogP contribution in [0.3, 0.4) is 0 Å². The summed E-state index contributed by atoms with van der Waals surface area (Å²) in [6, 6.07) is 16.1. The number of nitrogens with zero attached hydrogens (tertiary/aromatic N) is 2. The molecule has 5 heteroatoms. The molecule has 0 unspecified atom stereocenters. The zero-order valence-electron chi connectivity index (χ0n) is 15.4. The number of hydrazone groups is 1. The summed E-state index contributed by atoms with van der Waals surface area (Å²) in [4.78, 5) is 11.0. The Morgan fingerprint density at radius 3 is 2.81 bits per heavy atom. The molecule has 3 aromatic rings. The van der Waals surface area contributed by atoms with Crippen LogP contribution in [0.2, 0.25) is 0 Å². The molecule has 0 radical (unpaired) electrons. The van der Waals surface area contributed by atoms with Gasteiger partial charge in [-0.1, -0.05) is 42.5 Å². The van der Waals surface area contributed by atoms with Gasteiger partial charge < -0.3 is 9.30 Å². The predicted octanol–water partition coefficient (Wildman–Crippen LogP) is 3.92. The fourth-order valence-corrected chi connectivity index (χ4v) is 2.98. The van der Waals surface area contributed by atoms with Crippen molar-refractivity contribution in [3.05, 3.63) is 78.5 Å². The zero-order valence-corrected chi connectivity index (χ0v) is 15.4. The van der Waals surface area contributed by atoms with Gasteiger partial charge in [-0.05, 0) is 24.1 Å². The minimum Gasteiger partial charge on any atom is -0.491 e. The lowest BCUT2D eigenvalue weighted by Gasteiger charge is -2.11. The molecule has 27 heavy (non-hydrogen) atoms.